The predicted molar refractivity (Wildman–Crippen MR) is 131 cm³/mol. The number of likely N-dealkylation sites (tertiary alicyclic amines) is 1. The van der Waals surface area contributed by atoms with Crippen molar-refractivity contribution in [2.45, 2.75) is 44.8 Å². The Balaban J connectivity index is 1.20. The highest BCUT2D eigenvalue weighted by Gasteiger charge is 2.35. The lowest BCUT2D eigenvalue weighted by atomic mass is 9.97. The molecule has 1 saturated heterocycles. The monoisotopic (exact) mass is 519 g/mol. The molecule has 2 aromatic heterocycles. The van der Waals surface area contributed by atoms with E-state index < -0.39 is 11.9 Å². The van der Waals surface area contributed by atoms with Crippen LogP contribution < -0.4 is 5.48 Å². The molecule has 1 amide bonds. The predicted octanol–water partition coefficient (Wildman–Crippen LogP) is 4.81. The lowest BCUT2D eigenvalue weighted by molar-refractivity contribution is -0.142. The standard InChI is InChI=1S/C25H28F3N5O2S/c1-18-15-22(25(26,27)28)31-33(18)16-23(34)32-12-8-20(9-13-32)24-30-21(17-36-24)7-11-29-35-14-10-19-5-3-2-4-6-19/h2-7,11,15,17,20,29H,8-10,12-14,16H2,1H3. The van der Waals surface area contributed by atoms with Crippen molar-refractivity contribution >= 4 is 23.3 Å². The highest BCUT2D eigenvalue weighted by Crippen LogP contribution is 2.31. The lowest BCUT2D eigenvalue weighted by Gasteiger charge is -2.31. The van der Waals surface area contributed by atoms with Gasteiger partial charge < -0.3 is 4.90 Å². The number of carbonyl (C=O) groups is 1. The van der Waals surface area contributed by atoms with E-state index in [1.165, 1.54) is 12.5 Å². The molecule has 1 N–H and O–H groups in total. The molecule has 1 fully saturated rings. The number of hydroxylamine groups is 1. The van der Waals surface area contributed by atoms with E-state index >= 15 is 0 Å². The number of nitrogens with zero attached hydrogens (tertiary/aromatic N) is 4. The molecular formula is C25H28F3N5O2S. The first-order chi connectivity index (χ1) is 17.3. The van der Waals surface area contributed by atoms with E-state index in [-0.39, 0.29) is 18.4 Å². The molecule has 0 radical (unpaired) electrons. The van der Waals surface area contributed by atoms with Crippen molar-refractivity contribution in [3.63, 3.8) is 0 Å². The Morgan fingerprint density at radius 2 is 2.00 bits per heavy atom. The van der Waals surface area contributed by atoms with Crippen molar-refractivity contribution < 1.29 is 22.8 Å². The van der Waals surface area contributed by atoms with E-state index in [4.69, 9.17) is 4.84 Å². The van der Waals surface area contributed by atoms with E-state index in [9.17, 15) is 18.0 Å². The molecule has 7 nitrogen and oxygen atoms in total. The summed E-state index contributed by atoms with van der Waals surface area (Å²) in [6.45, 7) is 2.95. The SMILES string of the molecule is Cc1cc(C(F)(F)F)nn1CC(=O)N1CCC(c2nc(C=CNOCCc3ccccc3)cs2)CC1. The van der Waals surface area contributed by atoms with Gasteiger partial charge in [0.05, 0.1) is 17.3 Å². The van der Waals surface area contributed by atoms with Crippen molar-refractivity contribution in [2.75, 3.05) is 19.7 Å². The van der Waals surface area contributed by atoms with Crippen LogP contribution in [0.15, 0.2) is 48.0 Å². The summed E-state index contributed by atoms with van der Waals surface area (Å²) in [5, 5.41) is 6.55. The molecule has 1 aromatic carbocycles. The van der Waals surface area contributed by atoms with Crippen LogP contribution in [0.25, 0.3) is 6.08 Å². The van der Waals surface area contributed by atoms with Crippen molar-refractivity contribution in [3.05, 3.63) is 75.6 Å². The molecule has 0 atom stereocenters. The topological polar surface area (TPSA) is 72.3 Å². The van der Waals surface area contributed by atoms with Gasteiger partial charge >= 0.3 is 6.18 Å². The first-order valence-electron chi connectivity index (χ1n) is 11.7. The molecule has 3 heterocycles. The van der Waals surface area contributed by atoms with E-state index in [0.717, 1.165) is 40.7 Å². The Bertz CT molecular complexity index is 1170. The van der Waals surface area contributed by atoms with E-state index in [0.29, 0.717) is 25.4 Å². The third kappa shape index (κ3) is 6.94. The Hall–Kier alpha value is -3.18. The Labute approximate surface area is 211 Å². The van der Waals surface area contributed by atoms with Crippen LogP contribution in [0.4, 0.5) is 13.2 Å². The number of rotatable bonds is 9. The van der Waals surface area contributed by atoms with Crippen LogP contribution in [0.1, 0.15) is 46.4 Å². The van der Waals surface area contributed by atoms with Crippen LogP contribution in [0, 0.1) is 6.92 Å². The number of benzene rings is 1. The second-order valence-electron chi connectivity index (χ2n) is 8.63. The lowest BCUT2D eigenvalue weighted by Crippen LogP contribution is -2.40. The largest absolute Gasteiger partial charge is 0.435 e. The molecule has 0 saturated carbocycles. The number of hydrogen-bond donors (Lipinski definition) is 1. The quantitative estimate of drug-likeness (QED) is 0.325. The van der Waals surface area contributed by atoms with Gasteiger partial charge in [0.15, 0.2) is 5.69 Å². The van der Waals surface area contributed by atoms with Crippen LogP contribution in [0.3, 0.4) is 0 Å². The maximum Gasteiger partial charge on any atom is 0.435 e. The molecule has 36 heavy (non-hydrogen) atoms. The third-order valence-corrected chi connectivity index (χ3v) is 7.06. The molecule has 11 heteroatoms. The van der Waals surface area contributed by atoms with Gasteiger partial charge in [0.1, 0.15) is 6.54 Å². The van der Waals surface area contributed by atoms with Crippen LogP contribution in [0.2, 0.25) is 0 Å². The normalized spacial score (nSPS) is 15.1. The number of thiazole rings is 1. The van der Waals surface area contributed by atoms with Crippen molar-refractivity contribution in [2.24, 2.45) is 0 Å². The molecule has 3 aromatic rings. The van der Waals surface area contributed by atoms with Gasteiger partial charge in [-0.15, -0.1) is 11.3 Å². The highest BCUT2D eigenvalue weighted by molar-refractivity contribution is 7.09. The maximum absolute atomic E-state index is 12.9. The van der Waals surface area contributed by atoms with Crippen LogP contribution in [0.5, 0.6) is 0 Å². The van der Waals surface area contributed by atoms with Gasteiger partial charge in [0.25, 0.3) is 0 Å². The second-order valence-corrected chi connectivity index (χ2v) is 9.52. The van der Waals surface area contributed by atoms with E-state index in [1.54, 1.807) is 22.4 Å². The van der Waals surface area contributed by atoms with Crippen LogP contribution in [-0.4, -0.2) is 45.3 Å². The number of nitrogens with one attached hydrogen (secondary N) is 1. The fourth-order valence-corrected chi connectivity index (χ4v) is 4.98. The fourth-order valence-electron chi connectivity index (χ4n) is 4.02. The maximum atomic E-state index is 12.9. The number of carbonyl (C=O) groups excluding carboxylic acids is 1. The number of piperidine rings is 1. The van der Waals surface area contributed by atoms with Gasteiger partial charge in [-0.25, -0.2) is 4.98 Å². The fraction of sp³-hybridized carbons (Fsp3) is 0.400. The summed E-state index contributed by atoms with van der Waals surface area (Å²) in [6.07, 6.45) is 1.38. The van der Waals surface area contributed by atoms with Gasteiger partial charge in [0, 0.05) is 36.3 Å². The molecule has 0 aliphatic carbocycles. The average molecular weight is 520 g/mol. The smallest absolute Gasteiger partial charge is 0.341 e. The molecule has 1 aliphatic heterocycles. The summed E-state index contributed by atoms with van der Waals surface area (Å²) in [4.78, 5) is 24.4. The number of hydrogen-bond acceptors (Lipinski definition) is 6. The number of aromatic nitrogens is 3. The molecule has 0 bridgehead atoms. The number of halogens is 3. The van der Waals surface area contributed by atoms with E-state index in [1.807, 2.05) is 29.7 Å². The first-order valence-corrected chi connectivity index (χ1v) is 12.6. The molecule has 1 aliphatic rings. The summed E-state index contributed by atoms with van der Waals surface area (Å²) < 4.78 is 39.7. The van der Waals surface area contributed by atoms with Gasteiger partial charge in [-0.05, 0) is 43.9 Å². The molecule has 192 valence electrons. The molecular weight excluding hydrogens is 491 g/mol. The average Bonchev–Trinajstić information content (AvgIpc) is 3.49. The minimum atomic E-state index is -4.52. The first kappa shape index (κ1) is 25.9. The second kappa shape index (κ2) is 11.7. The minimum Gasteiger partial charge on any atom is -0.341 e. The number of amides is 1. The summed E-state index contributed by atoms with van der Waals surface area (Å²) in [7, 11) is 0. The zero-order valence-electron chi connectivity index (χ0n) is 19.9. The Morgan fingerprint density at radius 1 is 1.25 bits per heavy atom. The zero-order chi connectivity index (χ0) is 25.5. The van der Waals surface area contributed by atoms with Crippen molar-refractivity contribution in [1.29, 1.82) is 0 Å². The summed E-state index contributed by atoms with van der Waals surface area (Å²) >= 11 is 1.59. The van der Waals surface area contributed by atoms with Crippen molar-refractivity contribution in [3.8, 4) is 0 Å². The minimum absolute atomic E-state index is 0.195. The number of aryl methyl sites for hydroxylation is 1. The Kier molecular flexibility index (Phi) is 8.42. The zero-order valence-corrected chi connectivity index (χ0v) is 20.7. The molecule has 0 spiro atoms. The molecule has 4 rings (SSSR count). The number of alkyl halides is 3. The van der Waals surface area contributed by atoms with Gasteiger partial charge in [-0.3, -0.25) is 19.8 Å². The summed E-state index contributed by atoms with van der Waals surface area (Å²) in [5.41, 5.74) is 4.20. The highest BCUT2D eigenvalue weighted by atomic mass is 32.1. The van der Waals surface area contributed by atoms with Gasteiger partial charge in [-0.2, -0.15) is 18.3 Å². The van der Waals surface area contributed by atoms with Crippen LogP contribution in [-0.2, 0) is 28.8 Å². The van der Waals surface area contributed by atoms with Gasteiger partial charge in [-0.1, -0.05) is 30.3 Å². The summed E-state index contributed by atoms with van der Waals surface area (Å²) in [5.74, 6) is 0.0222. The van der Waals surface area contributed by atoms with Crippen LogP contribution >= 0.6 is 11.3 Å². The van der Waals surface area contributed by atoms with Gasteiger partial charge in [0.2, 0.25) is 5.91 Å². The molecule has 0 unspecified atom stereocenters. The van der Waals surface area contributed by atoms with Crippen molar-refractivity contribution in [1.82, 2.24) is 25.1 Å². The van der Waals surface area contributed by atoms with E-state index in [2.05, 4.69) is 27.7 Å². The Morgan fingerprint density at radius 3 is 2.69 bits per heavy atom. The third-order valence-electron chi connectivity index (χ3n) is 6.03. The summed E-state index contributed by atoms with van der Waals surface area (Å²) in [6, 6.07) is 11.1.